The van der Waals surface area contributed by atoms with Gasteiger partial charge in [0.15, 0.2) is 10.9 Å². The minimum Gasteiger partial charge on any atom is -0.503 e. The van der Waals surface area contributed by atoms with Crippen LogP contribution in [0.15, 0.2) is 71.3 Å². The molecule has 2 aromatic heterocycles. The van der Waals surface area contributed by atoms with Crippen LogP contribution in [0.3, 0.4) is 0 Å². The first kappa shape index (κ1) is 22.5. The quantitative estimate of drug-likeness (QED) is 0.323. The number of thiophene rings is 1. The number of thiazole rings is 1. The Labute approximate surface area is 206 Å². The number of hydrogen-bond acceptors (Lipinski definition) is 6. The second-order valence-corrected chi connectivity index (χ2v) is 11.4. The van der Waals surface area contributed by atoms with Crippen LogP contribution in [0.1, 0.15) is 53.2 Å². The second kappa shape index (κ2) is 8.18. The van der Waals surface area contributed by atoms with E-state index < -0.39 is 17.7 Å². The smallest absolute Gasteiger partial charge is 0.296 e. The number of rotatable bonds is 4. The van der Waals surface area contributed by atoms with Crippen molar-refractivity contribution in [2.75, 3.05) is 4.90 Å². The molecule has 34 heavy (non-hydrogen) atoms. The number of aliphatic hydroxyl groups is 1. The van der Waals surface area contributed by atoms with Crippen LogP contribution in [-0.4, -0.2) is 21.8 Å². The average molecular weight is 489 g/mol. The van der Waals surface area contributed by atoms with E-state index in [9.17, 15) is 14.7 Å². The third-order valence-corrected chi connectivity index (χ3v) is 7.91. The Bertz CT molecular complexity index is 1440. The predicted molar refractivity (Wildman–Crippen MR) is 138 cm³/mol. The molecule has 1 N–H and O–H groups in total. The van der Waals surface area contributed by atoms with Crippen LogP contribution in [0.5, 0.6) is 0 Å². The van der Waals surface area contributed by atoms with Crippen molar-refractivity contribution in [3.63, 3.8) is 0 Å². The van der Waals surface area contributed by atoms with Gasteiger partial charge in [-0.15, -0.1) is 11.3 Å². The van der Waals surface area contributed by atoms with Crippen LogP contribution in [0, 0.1) is 6.92 Å². The van der Waals surface area contributed by atoms with Gasteiger partial charge in [0.05, 0.1) is 26.7 Å². The van der Waals surface area contributed by atoms with Gasteiger partial charge in [0, 0.05) is 0 Å². The molecule has 0 fully saturated rings. The minimum absolute atomic E-state index is 0.0395. The summed E-state index contributed by atoms with van der Waals surface area (Å²) in [6, 6.07) is 16.5. The van der Waals surface area contributed by atoms with Gasteiger partial charge in [0.1, 0.15) is 0 Å². The van der Waals surface area contributed by atoms with E-state index in [1.54, 1.807) is 12.1 Å². The molecule has 2 aromatic carbocycles. The molecule has 4 aromatic rings. The SMILES string of the molecule is Cc1ccc2nc(N3C(=O)C(O)=C(C(=O)c4cccs4)C3c3ccc(C(C)(C)C)cc3)sc2c1. The summed E-state index contributed by atoms with van der Waals surface area (Å²) in [7, 11) is 0. The topological polar surface area (TPSA) is 70.5 Å². The zero-order chi connectivity index (χ0) is 24.2. The van der Waals surface area contributed by atoms with Crippen LogP contribution < -0.4 is 4.90 Å². The van der Waals surface area contributed by atoms with E-state index in [1.807, 2.05) is 54.8 Å². The van der Waals surface area contributed by atoms with Crippen LogP contribution in [0.4, 0.5) is 5.13 Å². The molecule has 5 rings (SSSR count). The van der Waals surface area contributed by atoms with Crippen molar-refractivity contribution >= 4 is 49.7 Å². The molecule has 1 amide bonds. The van der Waals surface area contributed by atoms with Crippen LogP contribution in [-0.2, 0) is 10.2 Å². The lowest BCUT2D eigenvalue weighted by molar-refractivity contribution is -0.117. The number of fused-ring (bicyclic) bond motifs is 1. The highest BCUT2D eigenvalue weighted by atomic mass is 32.1. The Morgan fingerprint density at radius 3 is 2.47 bits per heavy atom. The molecule has 0 bridgehead atoms. The summed E-state index contributed by atoms with van der Waals surface area (Å²) >= 11 is 2.67. The molecular formula is C27H24N2O3S2. The lowest BCUT2D eigenvalue weighted by Crippen LogP contribution is -2.31. The molecule has 172 valence electrons. The van der Waals surface area contributed by atoms with Gasteiger partial charge in [0.2, 0.25) is 5.78 Å². The number of benzene rings is 2. The molecule has 0 aliphatic carbocycles. The van der Waals surface area contributed by atoms with Gasteiger partial charge in [-0.05, 0) is 52.6 Å². The number of Topliss-reactive ketones (excluding diaryl/α,β-unsaturated/α-hetero) is 1. The molecule has 0 saturated carbocycles. The van der Waals surface area contributed by atoms with Gasteiger partial charge in [-0.2, -0.15) is 0 Å². The summed E-state index contributed by atoms with van der Waals surface area (Å²) in [5, 5.41) is 13.2. The van der Waals surface area contributed by atoms with Gasteiger partial charge in [-0.1, -0.05) is 68.5 Å². The number of anilines is 1. The summed E-state index contributed by atoms with van der Waals surface area (Å²) in [5.41, 5.74) is 3.81. The van der Waals surface area contributed by atoms with Crippen molar-refractivity contribution in [1.82, 2.24) is 4.98 Å². The minimum atomic E-state index is -0.766. The number of amides is 1. The molecule has 1 aliphatic heterocycles. The number of aryl methyl sites for hydroxylation is 1. The molecule has 0 spiro atoms. The lowest BCUT2D eigenvalue weighted by atomic mass is 9.85. The maximum absolute atomic E-state index is 13.5. The number of nitrogens with zero attached hydrogens (tertiary/aromatic N) is 2. The fourth-order valence-electron chi connectivity index (χ4n) is 4.18. The van der Waals surface area contributed by atoms with E-state index >= 15 is 0 Å². The molecule has 7 heteroatoms. The third kappa shape index (κ3) is 3.75. The van der Waals surface area contributed by atoms with Crippen molar-refractivity contribution in [2.45, 2.75) is 39.2 Å². The lowest BCUT2D eigenvalue weighted by Gasteiger charge is -2.25. The molecule has 0 radical (unpaired) electrons. The van der Waals surface area contributed by atoms with E-state index in [2.05, 4.69) is 25.8 Å². The fraction of sp³-hybridized carbons (Fsp3) is 0.222. The van der Waals surface area contributed by atoms with Gasteiger partial charge >= 0.3 is 0 Å². The number of aliphatic hydroxyl groups excluding tert-OH is 1. The standard InChI is InChI=1S/C27H24N2O3S2/c1-15-7-12-18-20(14-15)34-26(28-18)29-22(16-8-10-17(11-9-16)27(2,3)4)21(24(31)25(29)32)23(30)19-6-5-13-33-19/h5-14,22,31H,1-4H3. The highest BCUT2D eigenvalue weighted by Gasteiger charge is 2.46. The Morgan fingerprint density at radius 1 is 1.09 bits per heavy atom. The van der Waals surface area contributed by atoms with Gasteiger partial charge in [0.25, 0.3) is 5.91 Å². The van der Waals surface area contributed by atoms with Crippen molar-refractivity contribution in [3.8, 4) is 0 Å². The first-order valence-corrected chi connectivity index (χ1v) is 12.7. The van der Waals surface area contributed by atoms with Crippen molar-refractivity contribution in [2.24, 2.45) is 0 Å². The summed E-state index contributed by atoms with van der Waals surface area (Å²) in [5.74, 6) is -1.47. The zero-order valence-electron chi connectivity index (χ0n) is 19.3. The first-order valence-electron chi connectivity index (χ1n) is 11.0. The largest absolute Gasteiger partial charge is 0.503 e. The van der Waals surface area contributed by atoms with E-state index in [0.717, 1.165) is 26.9 Å². The number of ketones is 1. The molecule has 1 aliphatic rings. The van der Waals surface area contributed by atoms with Gasteiger partial charge in [-0.3, -0.25) is 14.5 Å². The molecule has 1 unspecified atom stereocenters. The summed E-state index contributed by atoms with van der Waals surface area (Å²) < 4.78 is 0.946. The Balaban J connectivity index is 1.67. The molecule has 1 atom stereocenters. The third-order valence-electron chi connectivity index (χ3n) is 6.03. The van der Waals surface area contributed by atoms with E-state index in [1.165, 1.54) is 27.6 Å². The summed E-state index contributed by atoms with van der Waals surface area (Å²) in [4.78, 5) is 33.5. The number of aromatic nitrogens is 1. The summed E-state index contributed by atoms with van der Waals surface area (Å²) in [6.45, 7) is 8.40. The van der Waals surface area contributed by atoms with Gasteiger partial charge in [-0.25, -0.2) is 4.98 Å². The Morgan fingerprint density at radius 2 is 1.82 bits per heavy atom. The maximum Gasteiger partial charge on any atom is 0.296 e. The van der Waals surface area contributed by atoms with Crippen molar-refractivity contribution < 1.29 is 14.7 Å². The number of hydrogen-bond donors (Lipinski definition) is 1. The highest BCUT2D eigenvalue weighted by Crippen LogP contribution is 2.44. The predicted octanol–water partition coefficient (Wildman–Crippen LogP) is 6.75. The van der Waals surface area contributed by atoms with E-state index in [0.29, 0.717) is 10.0 Å². The maximum atomic E-state index is 13.5. The molecule has 5 nitrogen and oxygen atoms in total. The van der Waals surface area contributed by atoms with Gasteiger partial charge < -0.3 is 5.11 Å². The second-order valence-electron chi connectivity index (χ2n) is 9.49. The van der Waals surface area contributed by atoms with Crippen molar-refractivity contribution in [1.29, 1.82) is 0 Å². The fourth-order valence-corrected chi connectivity index (χ4v) is 5.95. The number of carbonyl (C=O) groups is 2. The molecule has 3 heterocycles. The monoisotopic (exact) mass is 488 g/mol. The highest BCUT2D eigenvalue weighted by molar-refractivity contribution is 7.22. The van der Waals surface area contributed by atoms with E-state index in [4.69, 9.17) is 0 Å². The number of carbonyl (C=O) groups excluding carboxylic acids is 2. The van der Waals surface area contributed by atoms with Crippen LogP contribution >= 0.6 is 22.7 Å². The van der Waals surface area contributed by atoms with Crippen molar-refractivity contribution in [3.05, 3.63) is 92.9 Å². The van der Waals surface area contributed by atoms with Crippen LogP contribution in [0.25, 0.3) is 10.2 Å². The first-order chi connectivity index (χ1) is 16.1. The normalized spacial score (nSPS) is 16.6. The Hall–Kier alpha value is -3.29. The average Bonchev–Trinajstić information content (AvgIpc) is 3.52. The zero-order valence-corrected chi connectivity index (χ0v) is 21.0. The van der Waals surface area contributed by atoms with Crippen LogP contribution in [0.2, 0.25) is 0 Å². The summed E-state index contributed by atoms with van der Waals surface area (Å²) in [6.07, 6.45) is 0. The Kier molecular flexibility index (Phi) is 5.41. The van der Waals surface area contributed by atoms with E-state index in [-0.39, 0.29) is 16.8 Å². The molecule has 0 saturated heterocycles. The molecular weight excluding hydrogens is 464 g/mol.